The van der Waals surface area contributed by atoms with E-state index < -0.39 is 72.2 Å². The predicted molar refractivity (Wildman–Crippen MR) is 144 cm³/mol. The average Bonchev–Trinajstić information content (AvgIpc) is 3.30. The highest BCUT2D eigenvalue weighted by Gasteiger charge is 2.64. The molecule has 10 atom stereocenters. The number of likely N-dealkylation sites (N-methyl/N-ethyl adjacent to an activating group) is 1. The number of likely N-dealkylation sites (tertiary alicyclic amines) is 1. The lowest BCUT2D eigenvalue weighted by Crippen LogP contribution is -2.64. The Hall–Kier alpha value is -3.68. The Morgan fingerprint density at radius 2 is 1.65 bits per heavy atom. The fraction of sp³-hybridized carbons (Fsp3) is 0.600. The molecule has 232 valence electrons. The summed E-state index contributed by atoms with van der Waals surface area (Å²) < 4.78 is 40.0. The van der Waals surface area contributed by atoms with Gasteiger partial charge in [0, 0.05) is 43.7 Å². The minimum absolute atomic E-state index is 0.116. The van der Waals surface area contributed by atoms with E-state index in [1.54, 1.807) is 12.1 Å². The Kier molecular flexibility index (Phi) is 7.38. The molecule has 5 aliphatic rings. The van der Waals surface area contributed by atoms with E-state index >= 15 is 0 Å². The maximum Gasteiger partial charge on any atom is 0.339 e. The largest absolute Gasteiger partial charge is 0.482 e. The molecule has 2 fully saturated rings. The molecule has 6 rings (SSSR count). The standard InChI is InChI=1S/C30H35NO12/c1-13(32)38-23-24(39-14(2)33)26(40-15(3)34)29(43-25(23)28(36)37-5)41-20-9-6-16-12-18-17-7-8-19(35)27-30(17,10-11-31(18)4)21(16)22(20)42-27/h6-9,17-19,23-27,29,35H,10-12H2,1-5H3/t17-,18+,19-,23-,24-,25-,26+,27-,29+,30-/m0/s1. The lowest BCUT2D eigenvalue weighted by molar-refractivity contribution is -0.282. The van der Waals surface area contributed by atoms with Gasteiger partial charge in [-0.05, 0) is 38.1 Å². The molecule has 0 aromatic heterocycles. The fourth-order valence-corrected chi connectivity index (χ4v) is 7.62. The molecule has 0 amide bonds. The van der Waals surface area contributed by atoms with Crippen molar-refractivity contribution in [2.45, 2.75) is 88.0 Å². The highest BCUT2D eigenvalue weighted by atomic mass is 16.7. The molecule has 13 nitrogen and oxygen atoms in total. The summed E-state index contributed by atoms with van der Waals surface area (Å²) in [6.07, 6.45) is -3.51. The number of carbonyl (C=O) groups is 4. The third kappa shape index (κ3) is 4.64. The molecule has 1 spiro atoms. The molecule has 1 aromatic carbocycles. The lowest BCUT2D eigenvalue weighted by atomic mass is 9.53. The van der Waals surface area contributed by atoms with E-state index in [0.717, 1.165) is 58.4 Å². The van der Waals surface area contributed by atoms with E-state index in [9.17, 15) is 24.3 Å². The smallest absolute Gasteiger partial charge is 0.339 e. The third-order valence-corrected chi connectivity index (χ3v) is 9.21. The van der Waals surface area contributed by atoms with E-state index in [1.807, 2.05) is 6.07 Å². The van der Waals surface area contributed by atoms with Crippen LogP contribution in [-0.4, -0.2) is 104 Å². The van der Waals surface area contributed by atoms with Crippen LogP contribution in [-0.2, 0) is 54.7 Å². The van der Waals surface area contributed by atoms with E-state index in [2.05, 4.69) is 18.0 Å². The summed E-state index contributed by atoms with van der Waals surface area (Å²) in [5, 5.41) is 11.1. The highest BCUT2D eigenvalue weighted by molar-refractivity contribution is 5.77. The van der Waals surface area contributed by atoms with E-state index in [1.165, 1.54) is 0 Å². The van der Waals surface area contributed by atoms with E-state index in [-0.39, 0.29) is 17.7 Å². The summed E-state index contributed by atoms with van der Waals surface area (Å²) >= 11 is 0. The zero-order chi connectivity index (χ0) is 30.8. The normalized spacial score (nSPS) is 36.9. The summed E-state index contributed by atoms with van der Waals surface area (Å²) in [6, 6.07) is 3.90. The minimum atomic E-state index is -1.59. The van der Waals surface area contributed by atoms with Gasteiger partial charge in [-0.25, -0.2) is 4.79 Å². The second-order valence-electron chi connectivity index (χ2n) is 11.7. The Morgan fingerprint density at radius 1 is 0.977 bits per heavy atom. The molecule has 1 aromatic rings. The van der Waals surface area contributed by atoms with Crippen molar-refractivity contribution in [1.29, 1.82) is 0 Å². The number of benzene rings is 1. The number of aliphatic hydroxyl groups excluding tert-OH is 1. The summed E-state index contributed by atoms with van der Waals surface area (Å²) in [5.74, 6) is -2.49. The maximum absolute atomic E-state index is 12.8. The van der Waals surface area contributed by atoms with Crippen LogP contribution in [0.15, 0.2) is 24.3 Å². The van der Waals surface area contributed by atoms with Gasteiger partial charge in [0.15, 0.2) is 29.8 Å². The van der Waals surface area contributed by atoms with Crippen LogP contribution in [0.25, 0.3) is 0 Å². The number of carbonyl (C=O) groups excluding carboxylic acids is 4. The first-order valence-electron chi connectivity index (χ1n) is 14.3. The molecule has 3 aliphatic heterocycles. The number of aliphatic hydroxyl groups is 1. The van der Waals surface area contributed by atoms with Crippen LogP contribution in [0.2, 0.25) is 0 Å². The van der Waals surface area contributed by atoms with Gasteiger partial charge in [-0.3, -0.25) is 14.4 Å². The molecule has 0 unspecified atom stereocenters. The zero-order valence-electron chi connectivity index (χ0n) is 24.5. The van der Waals surface area contributed by atoms with E-state index in [0.29, 0.717) is 5.75 Å². The van der Waals surface area contributed by atoms with Gasteiger partial charge in [0.2, 0.25) is 12.4 Å². The van der Waals surface area contributed by atoms with Crippen LogP contribution in [0.1, 0.15) is 38.3 Å². The quantitative estimate of drug-likeness (QED) is 0.274. The summed E-state index contributed by atoms with van der Waals surface area (Å²) in [5.41, 5.74) is 1.58. The lowest BCUT2D eigenvalue weighted by Gasteiger charge is -2.56. The molecule has 3 heterocycles. The number of methoxy groups -OCH3 is 1. The topological polar surface area (TPSA) is 156 Å². The molecular weight excluding hydrogens is 566 g/mol. The SMILES string of the molecule is COC(=O)[C@H]1O[C@@H](Oc2ccc3c4c2O[C@H]2[C@@H](O)C=C[C@H]5[C@@H](C3)N(C)CC[C@@]452)[C@H](OC(C)=O)[C@@H](OC(C)=O)[C@@H]1OC(C)=O. The van der Waals surface area contributed by atoms with Crippen LogP contribution in [0.3, 0.4) is 0 Å². The molecule has 0 radical (unpaired) electrons. The van der Waals surface area contributed by atoms with Gasteiger partial charge >= 0.3 is 23.9 Å². The van der Waals surface area contributed by atoms with Crippen LogP contribution >= 0.6 is 0 Å². The van der Waals surface area contributed by atoms with Crippen LogP contribution in [0.4, 0.5) is 0 Å². The predicted octanol–water partition coefficient (Wildman–Crippen LogP) is 0.564. The number of hydrogen-bond acceptors (Lipinski definition) is 13. The summed E-state index contributed by atoms with van der Waals surface area (Å²) in [4.78, 5) is 51.6. The molecule has 13 heteroatoms. The van der Waals surface area contributed by atoms with Crippen LogP contribution < -0.4 is 9.47 Å². The van der Waals surface area contributed by atoms with Crippen molar-refractivity contribution < 1.29 is 57.4 Å². The van der Waals surface area contributed by atoms with Gasteiger partial charge in [0.05, 0.1) is 7.11 Å². The Bertz CT molecular complexity index is 1380. The van der Waals surface area contributed by atoms with Crippen molar-refractivity contribution in [2.75, 3.05) is 20.7 Å². The number of hydrogen-bond donors (Lipinski definition) is 1. The number of nitrogens with zero attached hydrogens (tertiary/aromatic N) is 1. The zero-order valence-corrected chi connectivity index (χ0v) is 24.5. The second kappa shape index (κ2) is 10.8. The van der Waals surface area contributed by atoms with Crippen molar-refractivity contribution in [2.24, 2.45) is 5.92 Å². The Labute approximate surface area is 247 Å². The van der Waals surface area contributed by atoms with Crippen molar-refractivity contribution >= 4 is 23.9 Å². The van der Waals surface area contributed by atoms with Crippen LogP contribution in [0, 0.1) is 5.92 Å². The van der Waals surface area contributed by atoms with Crippen molar-refractivity contribution in [3.63, 3.8) is 0 Å². The first-order chi connectivity index (χ1) is 20.5. The number of piperidine rings is 1. The van der Waals surface area contributed by atoms with Gasteiger partial charge in [-0.1, -0.05) is 18.2 Å². The highest BCUT2D eigenvalue weighted by Crippen LogP contribution is 2.62. The molecule has 0 saturated carbocycles. The Morgan fingerprint density at radius 3 is 2.33 bits per heavy atom. The third-order valence-electron chi connectivity index (χ3n) is 9.21. The van der Waals surface area contributed by atoms with Crippen molar-refractivity contribution in [3.05, 3.63) is 35.4 Å². The van der Waals surface area contributed by atoms with Gasteiger partial charge < -0.3 is 43.2 Å². The Balaban J connectivity index is 1.42. The van der Waals surface area contributed by atoms with Gasteiger partial charge in [0.1, 0.15) is 12.2 Å². The summed E-state index contributed by atoms with van der Waals surface area (Å²) in [7, 11) is 3.23. The first kappa shape index (κ1) is 29.4. The number of ether oxygens (including phenoxy) is 7. The van der Waals surface area contributed by atoms with E-state index in [4.69, 9.17) is 33.2 Å². The molecule has 43 heavy (non-hydrogen) atoms. The number of esters is 4. The number of rotatable bonds is 6. The fourth-order valence-electron chi connectivity index (χ4n) is 7.62. The molecule has 2 bridgehead atoms. The van der Waals surface area contributed by atoms with Crippen molar-refractivity contribution in [3.8, 4) is 11.5 Å². The average molecular weight is 602 g/mol. The maximum atomic E-state index is 12.8. The minimum Gasteiger partial charge on any atom is -0.482 e. The van der Waals surface area contributed by atoms with Gasteiger partial charge in [-0.2, -0.15) is 0 Å². The first-order valence-corrected chi connectivity index (χ1v) is 14.3. The van der Waals surface area contributed by atoms with Crippen molar-refractivity contribution in [1.82, 2.24) is 4.90 Å². The molecule has 1 N–H and O–H groups in total. The second-order valence-corrected chi connectivity index (χ2v) is 11.7. The summed E-state index contributed by atoms with van der Waals surface area (Å²) in [6.45, 7) is 4.20. The monoisotopic (exact) mass is 601 g/mol. The van der Waals surface area contributed by atoms with Crippen LogP contribution in [0.5, 0.6) is 11.5 Å². The molecule has 2 saturated heterocycles. The molecule has 2 aliphatic carbocycles. The van der Waals surface area contributed by atoms with Gasteiger partial charge in [-0.15, -0.1) is 0 Å². The van der Waals surface area contributed by atoms with Gasteiger partial charge in [0.25, 0.3) is 0 Å². The molecular formula is C30H35NO12.